The van der Waals surface area contributed by atoms with Gasteiger partial charge in [-0.1, -0.05) is 19.4 Å². The Labute approximate surface area is 111 Å². The summed E-state index contributed by atoms with van der Waals surface area (Å²) in [5.41, 5.74) is -0.261. The molecule has 0 saturated heterocycles. The van der Waals surface area contributed by atoms with E-state index in [1.54, 1.807) is 0 Å². The number of carbonyl (C=O) groups is 1. The van der Waals surface area contributed by atoms with Crippen molar-refractivity contribution >= 4 is 5.97 Å². The molecule has 0 spiro atoms. The summed E-state index contributed by atoms with van der Waals surface area (Å²) in [6, 6.07) is 3.65. The van der Waals surface area contributed by atoms with E-state index < -0.39 is 23.0 Å². The van der Waals surface area contributed by atoms with Crippen molar-refractivity contribution in [2.75, 3.05) is 0 Å². The first-order valence-electron chi connectivity index (χ1n) is 6.64. The number of carboxylic acid groups (broad SMARTS) is 1. The monoisotopic (exact) mass is 268 g/mol. The van der Waals surface area contributed by atoms with Crippen molar-refractivity contribution in [3.8, 4) is 0 Å². The molecule has 1 aromatic rings. The molecule has 1 N–H and O–H groups in total. The molecular formula is C15H18F2O2. The number of hydrogen-bond acceptors (Lipinski definition) is 1. The van der Waals surface area contributed by atoms with Crippen molar-refractivity contribution in [1.29, 1.82) is 0 Å². The number of hydrogen-bond donors (Lipinski definition) is 1. The van der Waals surface area contributed by atoms with Gasteiger partial charge in [-0.15, -0.1) is 0 Å². The predicted octanol–water partition coefficient (Wildman–Crippen LogP) is 3.79. The number of carboxylic acids is 1. The van der Waals surface area contributed by atoms with Gasteiger partial charge in [0.1, 0.15) is 0 Å². The van der Waals surface area contributed by atoms with E-state index in [4.69, 9.17) is 0 Å². The summed E-state index contributed by atoms with van der Waals surface area (Å²) < 4.78 is 26.1. The zero-order valence-corrected chi connectivity index (χ0v) is 11.0. The number of aliphatic carboxylic acids is 1. The lowest BCUT2D eigenvalue weighted by atomic mass is 9.79. The lowest BCUT2D eigenvalue weighted by Gasteiger charge is -2.24. The average Bonchev–Trinajstić information content (AvgIpc) is 2.79. The molecule has 0 bridgehead atoms. The second-order valence-corrected chi connectivity index (χ2v) is 5.53. The summed E-state index contributed by atoms with van der Waals surface area (Å²) >= 11 is 0. The van der Waals surface area contributed by atoms with Crippen LogP contribution in [0.3, 0.4) is 0 Å². The van der Waals surface area contributed by atoms with Crippen molar-refractivity contribution in [2.24, 2.45) is 11.3 Å². The van der Waals surface area contributed by atoms with Gasteiger partial charge in [-0.25, -0.2) is 8.78 Å². The Hall–Kier alpha value is -1.45. The van der Waals surface area contributed by atoms with E-state index in [2.05, 4.69) is 6.92 Å². The number of benzene rings is 1. The second-order valence-electron chi connectivity index (χ2n) is 5.53. The molecule has 2 rings (SSSR count). The smallest absolute Gasteiger partial charge is 0.309 e. The Balaban J connectivity index is 2.22. The highest BCUT2D eigenvalue weighted by molar-refractivity contribution is 5.75. The fourth-order valence-corrected chi connectivity index (χ4v) is 3.06. The van der Waals surface area contributed by atoms with Gasteiger partial charge in [0.2, 0.25) is 0 Å². The topological polar surface area (TPSA) is 37.3 Å². The minimum atomic E-state index is -0.914. The highest BCUT2D eigenvalue weighted by Gasteiger charge is 2.44. The Morgan fingerprint density at radius 2 is 2.16 bits per heavy atom. The molecule has 1 aromatic carbocycles. The molecule has 1 aliphatic rings. The summed E-state index contributed by atoms with van der Waals surface area (Å²) in [7, 11) is 0. The predicted molar refractivity (Wildman–Crippen MR) is 67.8 cm³/mol. The van der Waals surface area contributed by atoms with E-state index in [9.17, 15) is 18.7 Å². The SMILES string of the molecule is CCC1CCC(Cc2ccc(F)c(F)c2)(C(=O)O)C1. The molecule has 0 radical (unpaired) electrons. The molecule has 0 heterocycles. The van der Waals surface area contributed by atoms with E-state index in [-0.39, 0.29) is 6.42 Å². The zero-order chi connectivity index (χ0) is 14.0. The van der Waals surface area contributed by atoms with Gasteiger partial charge in [-0.3, -0.25) is 4.79 Å². The Bertz CT molecular complexity index is 487. The molecule has 0 aromatic heterocycles. The fraction of sp³-hybridized carbons (Fsp3) is 0.533. The van der Waals surface area contributed by atoms with Crippen LogP contribution in [0.15, 0.2) is 18.2 Å². The molecule has 4 heteroatoms. The molecular weight excluding hydrogens is 250 g/mol. The molecule has 0 amide bonds. The quantitative estimate of drug-likeness (QED) is 0.902. The Kier molecular flexibility index (Phi) is 3.88. The lowest BCUT2D eigenvalue weighted by molar-refractivity contribution is -0.148. The van der Waals surface area contributed by atoms with E-state index >= 15 is 0 Å². The van der Waals surface area contributed by atoms with Crippen molar-refractivity contribution in [3.63, 3.8) is 0 Å². The van der Waals surface area contributed by atoms with Crippen LogP contribution in [0.2, 0.25) is 0 Å². The largest absolute Gasteiger partial charge is 0.481 e. The highest BCUT2D eigenvalue weighted by Crippen LogP contribution is 2.45. The van der Waals surface area contributed by atoms with Crippen LogP contribution in [-0.2, 0) is 11.2 Å². The van der Waals surface area contributed by atoms with Crippen molar-refractivity contribution in [2.45, 2.75) is 39.0 Å². The average molecular weight is 268 g/mol. The number of rotatable bonds is 4. The Morgan fingerprint density at radius 1 is 1.42 bits per heavy atom. The van der Waals surface area contributed by atoms with E-state index in [0.29, 0.717) is 24.3 Å². The van der Waals surface area contributed by atoms with Crippen LogP contribution in [0, 0.1) is 23.0 Å². The molecule has 0 aliphatic heterocycles. The third-order valence-corrected chi connectivity index (χ3v) is 4.27. The molecule has 1 fully saturated rings. The summed E-state index contributed by atoms with van der Waals surface area (Å²) in [5.74, 6) is -2.22. The van der Waals surface area contributed by atoms with Crippen LogP contribution in [0.1, 0.15) is 38.2 Å². The number of halogens is 2. The van der Waals surface area contributed by atoms with Crippen LogP contribution in [0.5, 0.6) is 0 Å². The van der Waals surface area contributed by atoms with Crippen molar-refractivity contribution in [3.05, 3.63) is 35.4 Å². The third kappa shape index (κ3) is 2.77. The summed E-state index contributed by atoms with van der Waals surface area (Å²) in [4.78, 5) is 11.6. The first-order chi connectivity index (χ1) is 8.97. The minimum absolute atomic E-state index is 0.274. The van der Waals surface area contributed by atoms with Gasteiger partial charge in [0, 0.05) is 0 Å². The zero-order valence-electron chi connectivity index (χ0n) is 11.0. The van der Waals surface area contributed by atoms with Crippen LogP contribution in [-0.4, -0.2) is 11.1 Å². The fourth-order valence-electron chi connectivity index (χ4n) is 3.06. The second kappa shape index (κ2) is 5.27. The van der Waals surface area contributed by atoms with Crippen LogP contribution < -0.4 is 0 Å². The standard InChI is InChI=1S/C15H18F2O2/c1-2-10-5-6-15(8-10,14(18)19)9-11-3-4-12(16)13(17)7-11/h3-4,7,10H,2,5-6,8-9H2,1H3,(H,18,19). The van der Waals surface area contributed by atoms with Gasteiger partial charge in [0.25, 0.3) is 0 Å². The normalized spacial score (nSPS) is 26.6. The summed E-state index contributed by atoms with van der Waals surface area (Å²) in [6.07, 6.45) is 3.37. The highest BCUT2D eigenvalue weighted by atomic mass is 19.2. The van der Waals surface area contributed by atoms with Crippen LogP contribution in [0.25, 0.3) is 0 Å². The summed E-state index contributed by atoms with van der Waals surface area (Å²) in [5, 5.41) is 9.49. The molecule has 2 unspecified atom stereocenters. The van der Waals surface area contributed by atoms with Crippen molar-refractivity contribution < 1.29 is 18.7 Å². The van der Waals surface area contributed by atoms with Gasteiger partial charge < -0.3 is 5.11 Å². The molecule has 19 heavy (non-hydrogen) atoms. The maximum absolute atomic E-state index is 13.2. The van der Waals surface area contributed by atoms with Gasteiger partial charge in [-0.05, 0) is 49.3 Å². The maximum Gasteiger partial charge on any atom is 0.309 e. The maximum atomic E-state index is 13.2. The van der Waals surface area contributed by atoms with Gasteiger partial charge in [0.15, 0.2) is 11.6 Å². The molecule has 1 aliphatic carbocycles. The first kappa shape index (κ1) is 14.0. The summed E-state index contributed by atoms with van der Waals surface area (Å²) in [6.45, 7) is 2.06. The third-order valence-electron chi connectivity index (χ3n) is 4.27. The molecule has 2 nitrogen and oxygen atoms in total. The molecule has 1 saturated carbocycles. The van der Waals surface area contributed by atoms with E-state index in [1.807, 2.05) is 0 Å². The van der Waals surface area contributed by atoms with Gasteiger partial charge >= 0.3 is 5.97 Å². The lowest BCUT2D eigenvalue weighted by Crippen LogP contribution is -2.30. The molecule has 104 valence electrons. The van der Waals surface area contributed by atoms with E-state index in [1.165, 1.54) is 6.07 Å². The van der Waals surface area contributed by atoms with Gasteiger partial charge in [0.05, 0.1) is 5.41 Å². The minimum Gasteiger partial charge on any atom is -0.481 e. The van der Waals surface area contributed by atoms with Crippen molar-refractivity contribution in [1.82, 2.24) is 0 Å². The molecule has 2 atom stereocenters. The first-order valence-corrected chi connectivity index (χ1v) is 6.64. The van der Waals surface area contributed by atoms with Crippen LogP contribution >= 0.6 is 0 Å². The van der Waals surface area contributed by atoms with E-state index in [0.717, 1.165) is 25.0 Å². The van der Waals surface area contributed by atoms with Gasteiger partial charge in [-0.2, -0.15) is 0 Å². The van der Waals surface area contributed by atoms with Crippen LogP contribution in [0.4, 0.5) is 8.78 Å². The Morgan fingerprint density at radius 3 is 2.68 bits per heavy atom.